The van der Waals surface area contributed by atoms with E-state index in [2.05, 4.69) is 38.1 Å². The number of hydrogen-bond acceptors (Lipinski definition) is 2. The van der Waals surface area contributed by atoms with Gasteiger partial charge < -0.3 is 9.53 Å². The van der Waals surface area contributed by atoms with Crippen LogP contribution in [0.2, 0.25) is 0 Å². The predicted molar refractivity (Wildman–Crippen MR) is 78.9 cm³/mol. The molecule has 104 valence electrons. The summed E-state index contributed by atoms with van der Waals surface area (Å²) in [5.74, 6) is 0.846. The topological polar surface area (TPSA) is 26.3 Å². The minimum atomic E-state index is 0.343. The molecule has 0 saturated heterocycles. The molecule has 1 aromatic carbocycles. The Morgan fingerprint density at radius 1 is 1.16 bits per heavy atom. The second kappa shape index (κ2) is 9.51. The van der Waals surface area contributed by atoms with Crippen LogP contribution in [0.1, 0.15) is 32.3 Å². The van der Waals surface area contributed by atoms with Crippen molar-refractivity contribution in [3.8, 4) is 0 Å². The van der Waals surface area contributed by atoms with E-state index < -0.39 is 0 Å². The van der Waals surface area contributed by atoms with Gasteiger partial charge in [0.15, 0.2) is 0 Å². The molecule has 19 heavy (non-hydrogen) atoms. The third-order valence-corrected chi connectivity index (χ3v) is 2.98. The van der Waals surface area contributed by atoms with E-state index in [0.29, 0.717) is 24.9 Å². The molecule has 0 amide bonds. The standard InChI is InChI=1S/C17H24O2/c1-15(11-12-18)7-6-8-16(2)13-19-14-17-9-4-3-5-10-17/h3-7,9-10,12,15-16H,8,11,13-14H2,1-2H3. The Morgan fingerprint density at radius 3 is 2.58 bits per heavy atom. The van der Waals surface area contributed by atoms with Crippen molar-refractivity contribution in [3.63, 3.8) is 0 Å². The fourth-order valence-corrected chi connectivity index (χ4v) is 1.79. The van der Waals surface area contributed by atoms with Gasteiger partial charge in [0.25, 0.3) is 0 Å². The molecule has 0 N–H and O–H groups in total. The fourth-order valence-electron chi connectivity index (χ4n) is 1.79. The maximum absolute atomic E-state index is 10.3. The van der Waals surface area contributed by atoms with Gasteiger partial charge >= 0.3 is 0 Å². The number of aldehydes is 1. The van der Waals surface area contributed by atoms with E-state index in [-0.39, 0.29) is 0 Å². The normalized spacial score (nSPS) is 14.4. The number of hydrogen-bond donors (Lipinski definition) is 0. The summed E-state index contributed by atoms with van der Waals surface area (Å²) in [6.45, 7) is 5.68. The summed E-state index contributed by atoms with van der Waals surface area (Å²) in [6.07, 6.45) is 6.85. The zero-order chi connectivity index (χ0) is 13.9. The molecule has 1 rings (SSSR count). The van der Waals surface area contributed by atoms with E-state index in [1.165, 1.54) is 5.56 Å². The van der Waals surface area contributed by atoms with Gasteiger partial charge in [0.05, 0.1) is 6.61 Å². The maximum Gasteiger partial charge on any atom is 0.120 e. The third kappa shape index (κ3) is 7.58. The van der Waals surface area contributed by atoms with Crippen molar-refractivity contribution in [2.75, 3.05) is 6.61 Å². The number of carbonyl (C=O) groups excluding carboxylic acids is 1. The Balaban J connectivity index is 2.14. The van der Waals surface area contributed by atoms with Crippen molar-refractivity contribution in [1.82, 2.24) is 0 Å². The van der Waals surface area contributed by atoms with Crippen molar-refractivity contribution in [2.45, 2.75) is 33.3 Å². The van der Waals surface area contributed by atoms with Crippen molar-refractivity contribution in [2.24, 2.45) is 11.8 Å². The van der Waals surface area contributed by atoms with Gasteiger partial charge in [-0.2, -0.15) is 0 Å². The lowest BCUT2D eigenvalue weighted by molar-refractivity contribution is -0.108. The summed E-state index contributed by atoms with van der Waals surface area (Å²) < 4.78 is 5.70. The molecule has 0 aliphatic heterocycles. The van der Waals surface area contributed by atoms with Crippen LogP contribution in [0.5, 0.6) is 0 Å². The van der Waals surface area contributed by atoms with Gasteiger partial charge in [-0.3, -0.25) is 0 Å². The first-order valence-electron chi connectivity index (χ1n) is 6.94. The largest absolute Gasteiger partial charge is 0.376 e. The quantitative estimate of drug-likeness (QED) is 0.495. The summed E-state index contributed by atoms with van der Waals surface area (Å²) in [6, 6.07) is 10.2. The molecule has 2 heteroatoms. The van der Waals surface area contributed by atoms with Gasteiger partial charge in [-0.15, -0.1) is 0 Å². The predicted octanol–water partition coefficient (Wildman–Crippen LogP) is 4.01. The van der Waals surface area contributed by atoms with Crippen molar-refractivity contribution < 1.29 is 9.53 Å². The zero-order valence-electron chi connectivity index (χ0n) is 11.9. The summed E-state index contributed by atoms with van der Waals surface area (Å²) in [7, 11) is 0. The highest BCUT2D eigenvalue weighted by molar-refractivity contribution is 5.50. The summed E-state index contributed by atoms with van der Waals surface area (Å²) in [5.41, 5.74) is 1.21. The van der Waals surface area contributed by atoms with Gasteiger partial charge in [0, 0.05) is 13.0 Å². The van der Waals surface area contributed by atoms with Gasteiger partial charge in [0.1, 0.15) is 6.29 Å². The fraction of sp³-hybridized carbons (Fsp3) is 0.471. The van der Waals surface area contributed by atoms with Gasteiger partial charge in [0.2, 0.25) is 0 Å². The maximum atomic E-state index is 10.3. The molecule has 0 radical (unpaired) electrons. The van der Waals surface area contributed by atoms with E-state index in [4.69, 9.17) is 4.74 Å². The van der Waals surface area contributed by atoms with E-state index in [9.17, 15) is 4.79 Å². The van der Waals surface area contributed by atoms with Crippen LogP contribution in [-0.2, 0) is 16.1 Å². The smallest absolute Gasteiger partial charge is 0.120 e. The lowest BCUT2D eigenvalue weighted by Gasteiger charge is -2.10. The molecular weight excluding hydrogens is 236 g/mol. The number of rotatable bonds is 9. The number of allylic oxidation sites excluding steroid dienone is 2. The lowest BCUT2D eigenvalue weighted by atomic mass is 10.0. The third-order valence-electron chi connectivity index (χ3n) is 2.98. The van der Waals surface area contributed by atoms with E-state index in [1.807, 2.05) is 18.2 Å². The van der Waals surface area contributed by atoms with Crippen molar-refractivity contribution >= 4 is 6.29 Å². The van der Waals surface area contributed by atoms with E-state index >= 15 is 0 Å². The molecule has 2 nitrogen and oxygen atoms in total. The Kier molecular flexibility index (Phi) is 7.83. The van der Waals surface area contributed by atoms with Crippen LogP contribution in [0.25, 0.3) is 0 Å². The summed E-state index contributed by atoms with van der Waals surface area (Å²) in [5, 5.41) is 0. The van der Waals surface area contributed by atoms with Crippen LogP contribution in [0, 0.1) is 11.8 Å². The molecule has 0 spiro atoms. The molecule has 0 fully saturated rings. The second-order valence-corrected chi connectivity index (χ2v) is 5.15. The second-order valence-electron chi connectivity index (χ2n) is 5.15. The SMILES string of the molecule is CC(C=CCC(C)COCc1ccccc1)CC=O. The molecule has 0 aliphatic carbocycles. The Bertz CT molecular complexity index is 370. The van der Waals surface area contributed by atoms with Crippen LogP contribution in [0.3, 0.4) is 0 Å². The Morgan fingerprint density at radius 2 is 1.89 bits per heavy atom. The minimum absolute atomic E-state index is 0.343. The molecule has 0 bridgehead atoms. The lowest BCUT2D eigenvalue weighted by Crippen LogP contribution is -2.05. The molecule has 0 heterocycles. The average molecular weight is 260 g/mol. The molecule has 2 unspecified atom stereocenters. The number of benzene rings is 1. The molecule has 2 atom stereocenters. The molecule has 1 aromatic rings. The number of carbonyl (C=O) groups is 1. The van der Waals surface area contributed by atoms with Gasteiger partial charge in [-0.25, -0.2) is 0 Å². The monoisotopic (exact) mass is 260 g/mol. The first-order chi connectivity index (χ1) is 9.22. The minimum Gasteiger partial charge on any atom is -0.376 e. The Hall–Kier alpha value is -1.41. The first-order valence-corrected chi connectivity index (χ1v) is 6.94. The van der Waals surface area contributed by atoms with Crippen LogP contribution in [0.15, 0.2) is 42.5 Å². The molecule has 0 aromatic heterocycles. The summed E-state index contributed by atoms with van der Waals surface area (Å²) in [4.78, 5) is 10.3. The van der Waals surface area contributed by atoms with Crippen LogP contribution in [0.4, 0.5) is 0 Å². The first kappa shape index (κ1) is 15.6. The van der Waals surface area contributed by atoms with Crippen molar-refractivity contribution in [1.29, 1.82) is 0 Å². The van der Waals surface area contributed by atoms with E-state index in [1.54, 1.807) is 0 Å². The zero-order valence-corrected chi connectivity index (χ0v) is 11.9. The molecular formula is C17H24O2. The number of ether oxygens (including phenoxy) is 1. The Labute approximate surface area is 116 Å². The van der Waals surface area contributed by atoms with Gasteiger partial charge in [-0.05, 0) is 23.8 Å². The van der Waals surface area contributed by atoms with Crippen LogP contribution in [-0.4, -0.2) is 12.9 Å². The highest BCUT2D eigenvalue weighted by Gasteiger charge is 2.01. The van der Waals surface area contributed by atoms with Crippen LogP contribution < -0.4 is 0 Å². The van der Waals surface area contributed by atoms with Gasteiger partial charge in [-0.1, -0.05) is 56.3 Å². The average Bonchev–Trinajstić information content (AvgIpc) is 2.40. The highest BCUT2D eigenvalue weighted by atomic mass is 16.5. The van der Waals surface area contributed by atoms with E-state index in [0.717, 1.165) is 19.3 Å². The molecule has 0 aliphatic rings. The van der Waals surface area contributed by atoms with Crippen LogP contribution >= 0.6 is 0 Å². The molecule has 0 saturated carbocycles. The summed E-state index contributed by atoms with van der Waals surface area (Å²) >= 11 is 0. The van der Waals surface area contributed by atoms with Crippen molar-refractivity contribution in [3.05, 3.63) is 48.0 Å². The highest BCUT2D eigenvalue weighted by Crippen LogP contribution is 2.09.